The largest absolute Gasteiger partial charge is 0.369 e. The van der Waals surface area contributed by atoms with Crippen molar-refractivity contribution in [2.24, 2.45) is 5.92 Å². The molecule has 1 atom stereocenters. The Labute approximate surface area is 162 Å². The molecule has 3 aromatic rings. The quantitative estimate of drug-likeness (QED) is 0.751. The molecule has 7 heteroatoms. The van der Waals surface area contributed by atoms with Crippen LogP contribution < -0.4 is 10.2 Å². The zero-order valence-corrected chi connectivity index (χ0v) is 16.4. The van der Waals surface area contributed by atoms with Crippen LogP contribution in [0.15, 0.2) is 29.8 Å². The SMILES string of the molecule is Cc1nc2cc(N3CCCC(C(=O)NCc4cccs4)C3)cnc2nc1C. The van der Waals surface area contributed by atoms with Crippen LogP contribution in [0.2, 0.25) is 0 Å². The third kappa shape index (κ3) is 3.93. The Kier molecular flexibility index (Phi) is 5.03. The number of piperidine rings is 1. The summed E-state index contributed by atoms with van der Waals surface area (Å²) in [5.74, 6) is 0.133. The molecule has 0 bridgehead atoms. The number of fused-ring (bicyclic) bond motifs is 1. The van der Waals surface area contributed by atoms with Crippen LogP contribution in [0, 0.1) is 19.8 Å². The number of pyridine rings is 1. The molecular weight excluding hydrogens is 358 g/mol. The van der Waals surface area contributed by atoms with Crippen molar-refractivity contribution in [3.63, 3.8) is 0 Å². The smallest absolute Gasteiger partial charge is 0.225 e. The molecule has 4 rings (SSSR count). The van der Waals surface area contributed by atoms with Crippen LogP contribution in [0.5, 0.6) is 0 Å². The van der Waals surface area contributed by atoms with E-state index in [4.69, 9.17) is 0 Å². The Morgan fingerprint density at radius 3 is 3.00 bits per heavy atom. The van der Waals surface area contributed by atoms with Crippen molar-refractivity contribution >= 4 is 34.1 Å². The third-order valence-corrected chi connectivity index (χ3v) is 5.97. The van der Waals surface area contributed by atoms with Crippen molar-refractivity contribution in [3.05, 3.63) is 46.0 Å². The van der Waals surface area contributed by atoms with Gasteiger partial charge in [-0.05, 0) is 44.2 Å². The van der Waals surface area contributed by atoms with Gasteiger partial charge >= 0.3 is 0 Å². The summed E-state index contributed by atoms with van der Waals surface area (Å²) in [4.78, 5) is 29.6. The molecule has 27 heavy (non-hydrogen) atoms. The fraction of sp³-hybridized carbons (Fsp3) is 0.400. The van der Waals surface area contributed by atoms with E-state index in [0.717, 1.165) is 42.0 Å². The van der Waals surface area contributed by atoms with E-state index < -0.39 is 0 Å². The summed E-state index contributed by atoms with van der Waals surface area (Å²) in [5.41, 5.74) is 4.31. The van der Waals surface area contributed by atoms with E-state index in [2.05, 4.69) is 25.2 Å². The summed E-state index contributed by atoms with van der Waals surface area (Å²) in [6.07, 6.45) is 3.76. The Hall–Kier alpha value is -2.54. The highest BCUT2D eigenvalue weighted by atomic mass is 32.1. The Morgan fingerprint density at radius 2 is 2.19 bits per heavy atom. The highest BCUT2D eigenvalue weighted by molar-refractivity contribution is 7.09. The van der Waals surface area contributed by atoms with Crippen LogP contribution in [0.3, 0.4) is 0 Å². The van der Waals surface area contributed by atoms with Gasteiger partial charge in [-0.2, -0.15) is 0 Å². The number of nitrogens with zero attached hydrogens (tertiary/aromatic N) is 4. The van der Waals surface area contributed by atoms with Crippen molar-refractivity contribution in [3.8, 4) is 0 Å². The lowest BCUT2D eigenvalue weighted by Gasteiger charge is -2.33. The second kappa shape index (κ2) is 7.60. The predicted octanol–water partition coefficient (Wildman–Crippen LogP) is 3.24. The summed E-state index contributed by atoms with van der Waals surface area (Å²) < 4.78 is 0. The second-order valence-corrected chi connectivity index (χ2v) is 8.05. The van der Waals surface area contributed by atoms with Crippen molar-refractivity contribution in [2.75, 3.05) is 18.0 Å². The number of hydrogen-bond acceptors (Lipinski definition) is 6. The number of thiophene rings is 1. The van der Waals surface area contributed by atoms with Gasteiger partial charge in [0.1, 0.15) is 5.52 Å². The summed E-state index contributed by atoms with van der Waals surface area (Å²) >= 11 is 1.67. The lowest BCUT2D eigenvalue weighted by molar-refractivity contribution is -0.125. The van der Waals surface area contributed by atoms with Crippen LogP contribution in [-0.4, -0.2) is 33.9 Å². The summed E-state index contributed by atoms with van der Waals surface area (Å²) in [7, 11) is 0. The summed E-state index contributed by atoms with van der Waals surface area (Å²) in [6.45, 7) is 6.16. The number of carbonyl (C=O) groups excluding carboxylic acids is 1. The fourth-order valence-electron chi connectivity index (χ4n) is 3.44. The molecule has 1 aliphatic rings. The normalized spacial score (nSPS) is 17.3. The molecule has 1 fully saturated rings. The lowest BCUT2D eigenvalue weighted by Crippen LogP contribution is -2.43. The van der Waals surface area contributed by atoms with Gasteiger partial charge in [0, 0.05) is 18.0 Å². The lowest BCUT2D eigenvalue weighted by atomic mass is 9.96. The maximum atomic E-state index is 12.6. The molecule has 0 radical (unpaired) electrons. The van der Waals surface area contributed by atoms with E-state index in [1.807, 2.05) is 43.6 Å². The van der Waals surface area contributed by atoms with Crippen molar-refractivity contribution in [1.29, 1.82) is 0 Å². The summed E-state index contributed by atoms with van der Waals surface area (Å²) in [6, 6.07) is 6.09. The van der Waals surface area contributed by atoms with Gasteiger partial charge in [-0.25, -0.2) is 15.0 Å². The predicted molar refractivity (Wildman–Crippen MR) is 108 cm³/mol. The number of rotatable bonds is 4. The van der Waals surface area contributed by atoms with Crippen LogP contribution in [0.25, 0.3) is 11.2 Å². The molecule has 0 spiro atoms. The van der Waals surface area contributed by atoms with Crippen molar-refractivity contribution in [2.45, 2.75) is 33.2 Å². The van der Waals surface area contributed by atoms with Gasteiger partial charge < -0.3 is 10.2 Å². The van der Waals surface area contributed by atoms with E-state index in [1.54, 1.807) is 11.3 Å². The molecular formula is C20H23N5OS. The van der Waals surface area contributed by atoms with Crippen LogP contribution in [0.4, 0.5) is 5.69 Å². The number of nitrogens with one attached hydrogen (secondary N) is 1. The van der Waals surface area contributed by atoms with Crippen LogP contribution >= 0.6 is 11.3 Å². The number of hydrogen-bond donors (Lipinski definition) is 1. The molecule has 1 aliphatic heterocycles. The highest BCUT2D eigenvalue weighted by Gasteiger charge is 2.26. The number of aryl methyl sites for hydroxylation is 2. The van der Waals surface area contributed by atoms with Gasteiger partial charge in [-0.3, -0.25) is 4.79 Å². The molecule has 140 valence electrons. The van der Waals surface area contributed by atoms with Gasteiger partial charge in [0.2, 0.25) is 5.91 Å². The van der Waals surface area contributed by atoms with Gasteiger partial charge in [-0.1, -0.05) is 6.07 Å². The first-order valence-electron chi connectivity index (χ1n) is 9.26. The monoisotopic (exact) mass is 381 g/mol. The van der Waals surface area contributed by atoms with Gasteiger partial charge in [-0.15, -0.1) is 11.3 Å². The number of carbonyl (C=O) groups is 1. The first-order chi connectivity index (χ1) is 13.1. The maximum absolute atomic E-state index is 12.6. The minimum Gasteiger partial charge on any atom is -0.369 e. The van der Waals surface area contributed by atoms with Crippen molar-refractivity contribution in [1.82, 2.24) is 20.3 Å². The van der Waals surface area contributed by atoms with E-state index in [9.17, 15) is 4.79 Å². The molecule has 0 saturated carbocycles. The molecule has 0 aromatic carbocycles. The molecule has 4 heterocycles. The molecule has 1 saturated heterocycles. The number of aromatic nitrogens is 3. The summed E-state index contributed by atoms with van der Waals surface area (Å²) in [5, 5.41) is 5.11. The minimum absolute atomic E-state index is 0.000229. The molecule has 1 N–H and O–H groups in total. The van der Waals surface area contributed by atoms with Gasteiger partial charge in [0.25, 0.3) is 0 Å². The first-order valence-corrected chi connectivity index (χ1v) is 10.1. The first kappa shape index (κ1) is 17.9. The average Bonchev–Trinajstić information content (AvgIpc) is 3.20. The maximum Gasteiger partial charge on any atom is 0.225 e. The molecule has 6 nitrogen and oxygen atoms in total. The average molecular weight is 382 g/mol. The molecule has 0 aliphatic carbocycles. The Bertz CT molecular complexity index is 956. The zero-order valence-electron chi connectivity index (χ0n) is 15.6. The zero-order chi connectivity index (χ0) is 18.8. The van der Waals surface area contributed by atoms with Gasteiger partial charge in [0.05, 0.1) is 35.7 Å². The van der Waals surface area contributed by atoms with Crippen molar-refractivity contribution < 1.29 is 4.79 Å². The third-order valence-electron chi connectivity index (χ3n) is 5.09. The fourth-order valence-corrected chi connectivity index (χ4v) is 4.08. The van der Waals surface area contributed by atoms with Crippen LogP contribution in [-0.2, 0) is 11.3 Å². The molecule has 1 amide bonds. The molecule has 1 unspecified atom stereocenters. The number of amides is 1. The second-order valence-electron chi connectivity index (χ2n) is 7.01. The van der Waals surface area contributed by atoms with Crippen LogP contribution in [0.1, 0.15) is 29.1 Å². The Morgan fingerprint density at radius 1 is 1.33 bits per heavy atom. The Balaban J connectivity index is 1.46. The van der Waals surface area contributed by atoms with E-state index in [0.29, 0.717) is 18.7 Å². The number of anilines is 1. The van der Waals surface area contributed by atoms with E-state index in [-0.39, 0.29) is 11.8 Å². The molecule has 3 aromatic heterocycles. The van der Waals surface area contributed by atoms with E-state index in [1.165, 1.54) is 4.88 Å². The van der Waals surface area contributed by atoms with Gasteiger partial charge in [0.15, 0.2) is 5.65 Å². The minimum atomic E-state index is 0.000229. The highest BCUT2D eigenvalue weighted by Crippen LogP contribution is 2.25. The standard InChI is InChI=1S/C20H23N5OS/c1-13-14(2)24-19-18(23-13)9-16(10-21-19)25-7-3-5-15(12-25)20(26)22-11-17-6-4-8-27-17/h4,6,8-10,15H,3,5,7,11-12H2,1-2H3,(H,22,26). The van der Waals surface area contributed by atoms with E-state index >= 15 is 0 Å². The topological polar surface area (TPSA) is 71.0 Å².